The Morgan fingerprint density at radius 1 is 1.39 bits per heavy atom. The van der Waals surface area contributed by atoms with E-state index in [0.717, 1.165) is 5.52 Å². The fraction of sp³-hybridized carbons (Fsp3) is 0.429. The highest BCUT2D eigenvalue weighted by Crippen LogP contribution is 2.36. The van der Waals surface area contributed by atoms with E-state index in [0.29, 0.717) is 5.92 Å². The topological polar surface area (TPSA) is 54.6 Å². The lowest BCUT2D eigenvalue weighted by Crippen LogP contribution is -2.02. The third-order valence-corrected chi connectivity index (χ3v) is 3.97. The predicted octanol–water partition coefficient (Wildman–Crippen LogP) is 3.00. The van der Waals surface area contributed by atoms with Gasteiger partial charge in [-0.15, -0.1) is 0 Å². The van der Waals surface area contributed by atoms with Crippen molar-refractivity contribution in [2.75, 3.05) is 0 Å². The number of carboxylic acid groups (broad SMARTS) is 1. The van der Waals surface area contributed by atoms with E-state index in [1.807, 2.05) is 4.40 Å². The molecular weight excluding hydrogens is 228 g/mol. The van der Waals surface area contributed by atoms with Crippen molar-refractivity contribution in [2.45, 2.75) is 38.5 Å². The Kier molecular flexibility index (Phi) is 2.58. The lowest BCUT2D eigenvalue weighted by atomic mass is 9.98. The molecule has 2 heterocycles. The molecular formula is C14H16N2O2. The average Bonchev–Trinajstić information content (AvgIpc) is 2.97. The minimum Gasteiger partial charge on any atom is -0.477 e. The fourth-order valence-corrected chi connectivity index (χ4v) is 2.99. The number of aromatic carboxylic acids is 1. The van der Waals surface area contributed by atoms with Gasteiger partial charge in [-0.3, -0.25) is 0 Å². The van der Waals surface area contributed by atoms with Crippen molar-refractivity contribution < 1.29 is 9.90 Å². The molecule has 0 aliphatic heterocycles. The molecule has 1 aliphatic carbocycles. The van der Waals surface area contributed by atoms with Gasteiger partial charge in [-0.2, -0.15) is 0 Å². The second-order valence-corrected chi connectivity index (χ2v) is 5.04. The van der Waals surface area contributed by atoms with Crippen molar-refractivity contribution in [3.63, 3.8) is 0 Å². The van der Waals surface area contributed by atoms with Crippen LogP contribution in [0.15, 0.2) is 18.5 Å². The first-order valence-corrected chi connectivity index (χ1v) is 6.37. The summed E-state index contributed by atoms with van der Waals surface area (Å²) in [6.45, 7) is 2.09. The summed E-state index contributed by atoms with van der Waals surface area (Å²) in [4.78, 5) is 14.9. The molecule has 2 aromatic heterocycles. The molecule has 0 spiro atoms. The standard InChI is InChI=1S/C14H16N2O2/c1-9-12(10-4-2-3-5-10)6-11-7-13(14(17)18)15-8-16(9)11/h6-8,10H,2-5H2,1H3,(H,17,18). The van der Waals surface area contributed by atoms with Crippen molar-refractivity contribution in [1.82, 2.24) is 9.38 Å². The molecule has 3 rings (SSSR count). The van der Waals surface area contributed by atoms with Crippen LogP contribution in [0.1, 0.15) is 53.3 Å². The van der Waals surface area contributed by atoms with E-state index in [1.54, 1.807) is 12.4 Å². The third-order valence-electron chi connectivity index (χ3n) is 3.97. The summed E-state index contributed by atoms with van der Waals surface area (Å²) >= 11 is 0. The zero-order chi connectivity index (χ0) is 12.7. The van der Waals surface area contributed by atoms with Crippen molar-refractivity contribution >= 4 is 11.5 Å². The summed E-state index contributed by atoms with van der Waals surface area (Å²) in [5.41, 5.74) is 3.60. The van der Waals surface area contributed by atoms with E-state index in [4.69, 9.17) is 5.11 Å². The smallest absolute Gasteiger partial charge is 0.354 e. The van der Waals surface area contributed by atoms with Gasteiger partial charge in [0.1, 0.15) is 6.33 Å². The number of nitrogens with zero attached hydrogens (tertiary/aromatic N) is 2. The van der Waals surface area contributed by atoms with Crippen molar-refractivity contribution in [1.29, 1.82) is 0 Å². The molecule has 0 saturated heterocycles. The lowest BCUT2D eigenvalue weighted by Gasteiger charge is -2.07. The van der Waals surface area contributed by atoms with Crippen LogP contribution in [-0.2, 0) is 0 Å². The number of aromatic nitrogens is 2. The highest BCUT2D eigenvalue weighted by atomic mass is 16.4. The zero-order valence-electron chi connectivity index (χ0n) is 10.4. The first-order valence-electron chi connectivity index (χ1n) is 6.37. The summed E-state index contributed by atoms with van der Waals surface area (Å²) < 4.78 is 1.99. The molecule has 1 aliphatic rings. The number of carbonyl (C=O) groups is 1. The molecule has 0 bridgehead atoms. The minimum absolute atomic E-state index is 0.109. The number of hydrogen-bond acceptors (Lipinski definition) is 2. The second-order valence-electron chi connectivity index (χ2n) is 5.04. The molecule has 4 nitrogen and oxygen atoms in total. The number of hydrogen-bond donors (Lipinski definition) is 1. The van der Waals surface area contributed by atoms with Gasteiger partial charge in [0, 0.05) is 11.2 Å². The molecule has 1 saturated carbocycles. The molecule has 0 amide bonds. The van der Waals surface area contributed by atoms with E-state index in [9.17, 15) is 4.79 Å². The van der Waals surface area contributed by atoms with Gasteiger partial charge < -0.3 is 9.51 Å². The Morgan fingerprint density at radius 2 is 2.11 bits per heavy atom. The SMILES string of the molecule is Cc1c(C2CCCC2)cc2cc(C(=O)O)ncn12. The molecule has 2 aromatic rings. The Morgan fingerprint density at radius 3 is 2.78 bits per heavy atom. The molecule has 1 fully saturated rings. The van der Waals surface area contributed by atoms with Crippen LogP contribution in [0.4, 0.5) is 0 Å². The Hall–Kier alpha value is -1.84. The fourth-order valence-electron chi connectivity index (χ4n) is 2.99. The van der Waals surface area contributed by atoms with E-state index < -0.39 is 5.97 Å². The van der Waals surface area contributed by atoms with Crippen LogP contribution in [0.5, 0.6) is 0 Å². The summed E-state index contributed by atoms with van der Waals surface area (Å²) in [7, 11) is 0. The van der Waals surface area contributed by atoms with Crippen LogP contribution in [0.25, 0.3) is 5.52 Å². The zero-order valence-corrected chi connectivity index (χ0v) is 10.4. The van der Waals surface area contributed by atoms with Crippen LogP contribution in [0.2, 0.25) is 0 Å². The van der Waals surface area contributed by atoms with E-state index in [2.05, 4.69) is 18.0 Å². The maximum absolute atomic E-state index is 10.9. The van der Waals surface area contributed by atoms with Crippen LogP contribution in [0.3, 0.4) is 0 Å². The Bertz CT molecular complexity index is 610. The molecule has 18 heavy (non-hydrogen) atoms. The monoisotopic (exact) mass is 244 g/mol. The summed E-state index contributed by atoms with van der Waals surface area (Å²) in [6, 6.07) is 3.77. The highest BCUT2D eigenvalue weighted by Gasteiger charge is 2.21. The Balaban J connectivity index is 2.11. The van der Waals surface area contributed by atoms with Gasteiger partial charge in [0.15, 0.2) is 5.69 Å². The van der Waals surface area contributed by atoms with Crippen molar-refractivity contribution in [3.05, 3.63) is 35.4 Å². The van der Waals surface area contributed by atoms with Gasteiger partial charge in [0.05, 0.1) is 0 Å². The van der Waals surface area contributed by atoms with E-state index >= 15 is 0 Å². The molecule has 94 valence electrons. The van der Waals surface area contributed by atoms with Gasteiger partial charge in [-0.1, -0.05) is 12.8 Å². The number of carboxylic acids is 1. The molecule has 4 heteroatoms. The first-order chi connectivity index (χ1) is 8.66. The maximum atomic E-state index is 10.9. The average molecular weight is 244 g/mol. The normalized spacial score (nSPS) is 16.5. The third kappa shape index (κ3) is 1.68. The quantitative estimate of drug-likeness (QED) is 0.883. The maximum Gasteiger partial charge on any atom is 0.354 e. The van der Waals surface area contributed by atoms with Crippen LogP contribution in [-0.4, -0.2) is 20.5 Å². The van der Waals surface area contributed by atoms with Gasteiger partial charge in [-0.25, -0.2) is 9.78 Å². The van der Waals surface area contributed by atoms with E-state index in [-0.39, 0.29) is 5.69 Å². The molecule has 0 radical (unpaired) electrons. The van der Waals surface area contributed by atoms with Crippen LogP contribution in [0, 0.1) is 6.92 Å². The molecule has 0 aromatic carbocycles. The van der Waals surface area contributed by atoms with Gasteiger partial charge in [0.25, 0.3) is 0 Å². The summed E-state index contributed by atoms with van der Waals surface area (Å²) in [6.07, 6.45) is 6.71. The summed E-state index contributed by atoms with van der Waals surface area (Å²) in [5, 5.41) is 8.96. The van der Waals surface area contributed by atoms with Gasteiger partial charge >= 0.3 is 5.97 Å². The number of aryl methyl sites for hydroxylation is 1. The molecule has 1 N–H and O–H groups in total. The van der Waals surface area contributed by atoms with Crippen molar-refractivity contribution in [3.8, 4) is 0 Å². The van der Waals surface area contributed by atoms with Gasteiger partial charge in [0.2, 0.25) is 0 Å². The molecule has 0 unspecified atom stereocenters. The predicted molar refractivity (Wildman–Crippen MR) is 68.1 cm³/mol. The number of fused-ring (bicyclic) bond motifs is 1. The van der Waals surface area contributed by atoms with Crippen molar-refractivity contribution in [2.24, 2.45) is 0 Å². The van der Waals surface area contributed by atoms with E-state index in [1.165, 1.54) is 36.9 Å². The highest BCUT2D eigenvalue weighted by molar-refractivity contribution is 5.86. The van der Waals surface area contributed by atoms with Crippen LogP contribution >= 0.6 is 0 Å². The summed E-state index contributed by atoms with van der Waals surface area (Å²) in [5.74, 6) is -0.336. The Labute approximate surface area is 105 Å². The van der Waals surface area contributed by atoms with Crippen LogP contribution < -0.4 is 0 Å². The molecule has 0 atom stereocenters. The second kappa shape index (κ2) is 4.12. The first kappa shape index (κ1) is 11.3. The van der Waals surface area contributed by atoms with Gasteiger partial charge in [-0.05, 0) is 43.4 Å². The minimum atomic E-state index is -0.973. The largest absolute Gasteiger partial charge is 0.477 e. The lowest BCUT2D eigenvalue weighted by molar-refractivity contribution is 0.0690. The number of rotatable bonds is 2.